The van der Waals surface area contributed by atoms with Crippen LogP contribution in [0.1, 0.15) is 22.8 Å². The van der Waals surface area contributed by atoms with Crippen molar-refractivity contribution in [3.05, 3.63) is 63.7 Å². The van der Waals surface area contributed by atoms with Crippen molar-refractivity contribution in [3.8, 4) is 0 Å². The number of fused-ring (bicyclic) bond motifs is 1. The minimum Gasteiger partial charge on any atom is -0.462 e. The lowest BCUT2D eigenvalue weighted by atomic mass is 10.1. The average molecular weight is 312 g/mol. The molecule has 118 valence electrons. The Bertz CT molecular complexity index is 756. The molecule has 0 unspecified atom stereocenters. The van der Waals surface area contributed by atoms with Crippen LogP contribution in [0.5, 0.6) is 0 Å². The van der Waals surface area contributed by atoms with Crippen molar-refractivity contribution in [2.75, 3.05) is 18.1 Å². The van der Waals surface area contributed by atoms with E-state index >= 15 is 0 Å². The van der Waals surface area contributed by atoms with Crippen molar-refractivity contribution in [2.24, 2.45) is 0 Å². The SMILES string of the molecule is CCOC(=O)c1ccc(N2CCc3ccc([N+](=O)[O-])cc32)cc1. The molecule has 2 aromatic carbocycles. The molecule has 6 heteroatoms. The van der Waals surface area contributed by atoms with Gasteiger partial charge in [-0.15, -0.1) is 0 Å². The van der Waals surface area contributed by atoms with E-state index in [0.717, 1.165) is 29.9 Å². The monoisotopic (exact) mass is 312 g/mol. The summed E-state index contributed by atoms with van der Waals surface area (Å²) >= 11 is 0. The van der Waals surface area contributed by atoms with Gasteiger partial charge in [0.05, 0.1) is 22.8 Å². The number of hydrogen-bond donors (Lipinski definition) is 0. The van der Waals surface area contributed by atoms with Crippen LogP contribution in [-0.2, 0) is 11.2 Å². The van der Waals surface area contributed by atoms with Gasteiger partial charge in [0, 0.05) is 24.4 Å². The van der Waals surface area contributed by atoms with Crippen molar-refractivity contribution in [1.82, 2.24) is 0 Å². The third-order valence-corrected chi connectivity index (χ3v) is 3.87. The zero-order chi connectivity index (χ0) is 16.4. The van der Waals surface area contributed by atoms with E-state index in [9.17, 15) is 14.9 Å². The molecule has 0 atom stereocenters. The summed E-state index contributed by atoms with van der Waals surface area (Å²) in [4.78, 5) is 24.3. The second-order valence-electron chi connectivity index (χ2n) is 5.24. The fourth-order valence-corrected chi connectivity index (χ4v) is 2.74. The minimum absolute atomic E-state index is 0.0822. The van der Waals surface area contributed by atoms with Gasteiger partial charge in [0.15, 0.2) is 0 Å². The Hall–Kier alpha value is -2.89. The average Bonchev–Trinajstić information content (AvgIpc) is 2.98. The van der Waals surface area contributed by atoms with Crippen LogP contribution in [-0.4, -0.2) is 24.0 Å². The van der Waals surface area contributed by atoms with Crippen LogP contribution in [0.2, 0.25) is 0 Å². The largest absolute Gasteiger partial charge is 0.462 e. The molecule has 0 saturated heterocycles. The number of nitrogens with zero attached hydrogens (tertiary/aromatic N) is 2. The predicted molar refractivity (Wildman–Crippen MR) is 86.2 cm³/mol. The molecule has 1 aliphatic rings. The molecule has 0 bridgehead atoms. The van der Waals surface area contributed by atoms with Gasteiger partial charge in [-0.25, -0.2) is 4.79 Å². The van der Waals surface area contributed by atoms with Crippen molar-refractivity contribution < 1.29 is 14.5 Å². The van der Waals surface area contributed by atoms with Gasteiger partial charge in [-0.05, 0) is 43.2 Å². The molecule has 0 N–H and O–H groups in total. The molecule has 0 radical (unpaired) electrons. The first kappa shape index (κ1) is 15.0. The maximum Gasteiger partial charge on any atom is 0.338 e. The predicted octanol–water partition coefficient (Wildman–Crippen LogP) is 3.47. The number of esters is 1. The summed E-state index contributed by atoms with van der Waals surface area (Å²) in [6.45, 7) is 2.86. The van der Waals surface area contributed by atoms with Crippen LogP contribution < -0.4 is 4.90 Å². The Morgan fingerprint density at radius 1 is 1.26 bits per heavy atom. The minimum atomic E-state index is -0.388. The molecule has 6 nitrogen and oxygen atoms in total. The third-order valence-electron chi connectivity index (χ3n) is 3.87. The summed E-state index contributed by atoms with van der Waals surface area (Å²) in [5, 5.41) is 11.0. The van der Waals surface area contributed by atoms with Gasteiger partial charge in [0.25, 0.3) is 5.69 Å². The molecule has 0 aliphatic carbocycles. The van der Waals surface area contributed by atoms with Gasteiger partial charge in [-0.3, -0.25) is 10.1 Å². The first-order valence-corrected chi connectivity index (χ1v) is 7.42. The zero-order valence-electron chi connectivity index (χ0n) is 12.7. The maximum atomic E-state index is 11.7. The molecule has 1 aliphatic heterocycles. The van der Waals surface area contributed by atoms with E-state index in [0.29, 0.717) is 12.2 Å². The molecule has 1 heterocycles. The summed E-state index contributed by atoms with van der Waals surface area (Å²) < 4.78 is 4.96. The number of nitro benzene ring substituents is 1. The smallest absolute Gasteiger partial charge is 0.338 e. The van der Waals surface area contributed by atoms with Crippen LogP contribution in [0.4, 0.5) is 17.1 Å². The molecule has 0 spiro atoms. The second kappa shape index (κ2) is 6.08. The number of nitro groups is 1. The van der Waals surface area contributed by atoms with E-state index in [1.165, 1.54) is 6.07 Å². The molecule has 0 aromatic heterocycles. The highest BCUT2D eigenvalue weighted by Gasteiger charge is 2.23. The highest BCUT2D eigenvalue weighted by atomic mass is 16.6. The number of non-ortho nitro benzene ring substituents is 1. The van der Waals surface area contributed by atoms with Gasteiger partial charge in [-0.1, -0.05) is 6.07 Å². The summed E-state index contributed by atoms with van der Waals surface area (Å²) in [5.74, 6) is -0.350. The topological polar surface area (TPSA) is 72.7 Å². The van der Waals surface area contributed by atoms with Crippen LogP contribution >= 0.6 is 0 Å². The van der Waals surface area contributed by atoms with Crippen molar-refractivity contribution in [3.63, 3.8) is 0 Å². The lowest BCUT2D eigenvalue weighted by molar-refractivity contribution is -0.384. The number of anilines is 2. The Balaban J connectivity index is 1.89. The van der Waals surface area contributed by atoms with Crippen LogP contribution in [0.3, 0.4) is 0 Å². The molecule has 3 rings (SSSR count). The summed E-state index contributed by atoms with van der Waals surface area (Å²) in [6, 6.07) is 12.0. The van der Waals surface area contributed by atoms with Gasteiger partial charge < -0.3 is 9.64 Å². The lowest BCUT2D eigenvalue weighted by Crippen LogP contribution is -2.13. The standard InChI is InChI=1S/C17H16N2O4/c1-2-23-17(20)13-4-6-14(7-5-13)18-10-9-12-3-8-15(19(21)22)11-16(12)18/h3-8,11H,2,9-10H2,1H3. The lowest BCUT2D eigenvalue weighted by Gasteiger charge is -2.19. The Labute approximate surface area is 133 Å². The third kappa shape index (κ3) is 2.88. The van der Waals surface area contributed by atoms with Crippen molar-refractivity contribution in [1.29, 1.82) is 0 Å². The number of hydrogen-bond acceptors (Lipinski definition) is 5. The fourth-order valence-electron chi connectivity index (χ4n) is 2.74. The van der Waals surface area contributed by atoms with E-state index in [2.05, 4.69) is 0 Å². The first-order chi connectivity index (χ1) is 11.1. The summed E-state index contributed by atoms with van der Waals surface area (Å²) in [6.07, 6.45) is 0.840. The van der Waals surface area contributed by atoms with Crippen LogP contribution in [0, 0.1) is 10.1 Å². The molecular weight excluding hydrogens is 296 g/mol. The zero-order valence-corrected chi connectivity index (χ0v) is 12.7. The quantitative estimate of drug-likeness (QED) is 0.491. The highest BCUT2D eigenvalue weighted by molar-refractivity contribution is 5.90. The van der Waals surface area contributed by atoms with Crippen molar-refractivity contribution in [2.45, 2.75) is 13.3 Å². The fraction of sp³-hybridized carbons (Fsp3) is 0.235. The van der Waals surface area contributed by atoms with Gasteiger partial charge in [0.1, 0.15) is 0 Å². The first-order valence-electron chi connectivity index (χ1n) is 7.42. The van der Waals surface area contributed by atoms with E-state index in [4.69, 9.17) is 4.74 Å². The normalized spacial score (nSPS) is 12.8. The van der Waals surface area contributed by atoms with Crippen LogP contribution in [0.25, 0.3) is 0 Å². The molecular formula is C17H16N2O4. The van der Waals surface area contributed by atoms with E-state index < -0.39 is 0 Å². The number of carbonyl (C=O) groups is 1. The highest BCUT2D eigenvalue weighted by Crippen LogP contribution is 2.36. The Morgan fingerprint density at radius 2 is 2.00 bits per heavy atom. The summed E-state index contributed by atoms with van der Waals surface area (Å²) in [7, 11) is 0. The molecule has 0 fully saturated rings. The maximum absolute atomic E-state index is 11.7. The van der Waals surface area contributed by atoms with Gasteiger partial charge in [-0.2, -0.15) is 0 Å². The molecule has 0 amide bonds. The van der Waals surface area contributed by atoms with E-state index in [1.54, 1.807) is 31.2 Å². The van der Waals surface area contributed by atoms with E-state index in [1.807, 2.05) is 17.0 Å². The Morgan fingerprint density at radius 3 is 2.65 bits per heavy atom. The second-order valence-corrected chi connectivity index (χ2v) is 5.24. The Kier molecular flexibility index (Phi) is 3.97. The summed E-state index contributed by atoms with van der Waals surface area (Å²) in [5.41, 5.74) is 3.42. The van der Waals surface area contributed by atoms with Crippen molar-refractivity contribution >= 4 is 23.0 Å². The van der Waals surface area contributed by atoms with Gasteiger partial charge in [0.2, 0.25) is 0 Å². The van der Waals surface area contributed by atoms with E-state index in [-0.39, 0.29) is 16.6 Å². The number of rotatable bonds is 4. The number of benzene rings is 2. The molecule has 2 aromatic rings. The molecule has 0 saturated carbocycles. The number of ether oxygens (including phenoxy) is 1. The molecule has 23 heavy (non-hydrogen) atoms. The van der Waals surface area contributed by atoms with Gasteiger partial charge >= 0.3 is 5.97 Å². The number of carbonyl (C=O) groups excluding carboxylic acids is 1. The van der Waals surface area contributed by atoms with Crippen LogP contribution in [0.15, 0.2) is 42.5 Å².